The molecule has 1 rings (SSSR count). The third-order valence-electron chi connectivity index (χ3n) is 2.51. The van der Waals surface area contributed by atoms with E-state index < -0.39 is 0 Å². The molecule has 11 heavy (non-hydrogen) atoms. The number of aldehydes is 1. The molecular weight excluding hydrogens is 144 g/mol. The van der Waals surface area contributed by atoms with Gasteiger partial charge in [0.1, 0.15) is 12.4 Å². The molecule has 0 aliphatic carbocycles. The predicted octanol–water partition coefficient (Wildman–Crippen LogP) is 0.217. The van der Waals surface area contributed by atoms with Gasteiger partial charge in [0.2, 0.25) is 0 Å². The van der Waals surface area contributed by atoms with Crippen LogP contribution in [0.3, 0.4) is 0 Å². The van der Waals surface area contributed by atoms with E-state index in [1.165, 1.54) is 0 Å². The Morgan fingerprint density at radius 1 is 1.55 bits per heavy atom. The smallest absolute Gasteiger partial charge is 0.149 e. The molecule has 4 atom stereocenters. The Morgan fingerprint density at radius 2 is 2.18 bits per heavy atom. The number of hydrogen-bond acceptors (Lipinski definition) is 3. The zero-order chi connectivity index (χ0) is 8.43. The Bertz CT molecular complexity index is 146. The Morgan fingerprint density at radius 3 is 2.45 bits per heavy atom. The van der Waals surface area contributed by atoms with E-state index in [-0.39, 0.29) is 30.7 Å². The molecule has 0 spiro atoms. The summed E-state index contributed by atoms with van der Waals surface area (Å²) >= 11 is 0. The summed E-state index contributed by atoms with van der Waals surface area (Å²) in [6, 6.07) is 0. The quantitative estimate of drug-likeness (QED) is 0.585. The fourth-order valence-electron chi connectivity index (χ4n) is 1.61. The van der Waals surface area contributed by atoms with Crippen molar-refractivity contribution >= 4 is 6.29 Å². The topological polar surface area (TPSA) is 46.5 Å². The van der Waals surface area contributed by atoms with Crippen LogP contribution in [-0.2, 0) is 9.53 Å². The van der Waals surface area contributed by atoms with Gasteiger partial charge in [-0.25, -0.2) is 0 Å². The van der Waals surface area contributed by atoms with Gasteiger partial charge in [-0.15, -0.1) is 0 Å². The second-order valence-corrected chi connectivity index (χ2v) is 3.15. The number of carbonyl (C=O) groups excluding carboxylic acids is 1. The fourth-order valence-corrected chi connectivity index (χ4v) is 1.61. The molecule has 0 amide bonds. The van der Waals surface area contributed by atoms with Crippen LogP contribution in [0.25, 0.3) is 0 Å². The molecule has 64 valence electrons. The molecule has 1 aliphatic heterocycles. The van der Waals surface area contributed by atoms with Crippen LogP contribution < -0.4 is 0 Å². The molecule has 4 unspecified atom stereocenters. The highest BCUT2D eigenvalue weighted by molar-refractivity contribution is 5.57. The number of rotatable bonds is 2. The summed E-state index contributed by atoms with van der Waals surface area (Å²) in [6.07, 6.45) is 0.504. The average Bonchev–Trinajstić information content (AvgIpc) is 2.26. The van der Waals surface area contributed by atoms with E-state index in [1.807, 2.05) is 13.8 Å². The normalized spacial score (nSPS) is 44.3. The fraction of sp³-hybridized carbons (Fsp3) is 0.875. The first kappa shape index (κ1) is 8.68. The summed E-state index contributed by atoms with van der Waals surface area (Å²) in [5.41, 5.74) is 0. The highest BCUT2D eigenvalue weighted by Crippen LogP contribution is 2.30. The van der Waals surface area contributed by atoms with Crippen molar-refractivity contribution < 1.29 is 14.6 Å². The maximum absolute atomic E-state index is 10.4. The van der Waals surface area contributed by atoms with Crippen molar-refractivity contribution in [2.24, 2.45) is 11.8 Å². The molecule has 3 heteroatoms. The second kappa shape index (κ2) is 3.32. The number of aliphatic hydroxyl groups is 1. The lowest BCUT2D eigenvalue weighted by Crippen LogP contribution is -2.22. The number of aliphatic hydroxyl groups excluding tert-OH is 1. The zero-order valence-corrected chi connectivity index (χ0v) is 6.86. The molecule has 1 aliphatic rings. The molecule has 0 aromatic rings. The van der Waals surface area contributed by atoms with Crippen LogP contribution in [0.1, 0.15) is 13.8 Å². The molecule has 3 nitrogen and oxygen atoms in total. The Hall–Kier alpha value is -0.410. The van der Waals surface area contributed by atoms with E-state index >= 15 is 0 Å². The SMILES string of the molecule is CC1OC(C=O)C(C)C1CO. The summed E-state index contributed by atoms with van der Waals surface area (Å²) < 4.78 is 5.30. The van der Waals surface area contributed by atoms with Gasteiger partial charge in [0.05, 0.1) is 6.10 Å². The summed E-state index contributed by atoms with van der Waals surface area (Å²) in [6.45, 7) is 3.93. The maximum atomic E-state index is 10.4. The first-order valence-corrected chi connectivity index (χ1v) is 3.92. The van der Waals surface area contributed by atoms with Crippen molar-refractivity contribution in [2.45, 2.75) is 26.1 Å². The summed E-state index contributed by atoms with van der Waals surface area (Å²) in [7, 11) is 0. The Kier molecular flexibility index (Phi) is 2.62. The Labute approximate surface area is 66.4 Å². The molecule has 0 bridgehead atoms. The number of carbonyl (C=O) groups is 1. The third kappa shape index (κ3) is 1.44. The monoisotopic (exact) mass is 158 g/mol. The van der Waals surface area contributed by atoms with E-state index in [2.05, 4.69) is 0 Å². The zero-order valence-electron chi connectivity index (χ0n) is 6.86. The van der Waals surface area contributed by atoms with Gasteiger partial charge in [-0.3, -0.25) is 0 Å². The largest absolute Gasteiger partial charge is 0.396 e. The minimum Gasteiger partial charge on any atom is -0.396 e. The molecule has 1 heterocycles. The summed E-state index contributed by atoms with van der Waals surface area (Å²) in [5.74, 6) is 0.262. The summed E-state index contributed by atoms with van der Waals surface area (Å²) in [5, 5.41) is 8.92. The van der Waals surface area contributed by atoms with E-state index in [9.17, 15) is 4.79 Å². The van der Waals surface area contributed by atoms with Gasteiger partial charge in [-0.1, -0.05) is 6.92 Å². The molecule has 0 radical (unpaired) electrons. The van der Waals surface area contributed by atoms with Crippen molar-refractivity contribution in [3.63, 3.8) is 0 Å². The highest BCUT2D eigenvalue weighted by Gasteiger charge is 2.38. The molecule has 1 saturated heterocycles. The van der Waals surface area contributed by atoms with Gasteiger partial charge in [0.25, 0.3) is 0 Å². The van der Waals surface area contributed by atoms with E-state index in [0.29, 0.717) is 0 Å². The van der Waals surface area contributed by atoms with Crippen LogP contribution in [0.5, 0.6) is 0 Å². The Balaban J connectivity index is 2.62. The van der Waals surface area contributed by atoms with Crippen molar-refractivity contribution in [2.75, 3.05) is 6.61 Å². The molecule has 0 saturated carbocycles. The average molecular weight is 158 g/mol. The first-order valence-electron chi connectivity index (χ1n) is 3.92. The molecular formula is C8H14O3. The third-order valence-corrected chi connectivity index (χ3v) is 2.51. The van der Waals surface area contributed by atoms with Crippen LogP contribution in [0, 0.1) is 11.8 Å². The van der Waals surface area contributed by atoms with Gasteiger partial charge in [0.15, 0.2) is 0 Å². The van der Waals surface area contributed by atoms with Gasteiger partial charge >= 0.3 is 0 Å². The van der Waals surface area contributed by atoms with Gasteiger partial charge in [-0.05, 0) is 12.8 Å². The molecule has 0 aromatic heterocycles. The maximum Gasteiger partial charge on any atom is 0.149 e. The van der Waals surface area contributed by atoms with Crippen molar-refractivity contribution in [1.29, 1.82) is 0 Å². The first-order chi connectivity index (χ1) is 5.20. The van der Waals surface area contributed by atoms with E-state index in [1.54, 1.807) is 0 Å². The van der Waals surface area contributed by atoms with Crippen molar-refractivity contribution in [1.82, 2.24) is 0 Å². The van der Waals surface area contributed by atoms with Crippen LogP contribution in [0.2, 0.25) is 0 Å². The van der Waals surface area contributed by atoms with Crippen molar-refractivity contribution in [3.05, 3.63) is 0 Å². The van der Waals surface area contributed by atoms with Crippen molar-refractivity contribution in [3.8, 4) is 0 Å². The molecule has 1 N–H and O–H groups in total. The predicted molar refractivity (Wildman–Crippen MR) is 40.1 cm³/mol. The molecule has 1 fully saturated rings. The standard InChI is InChI=1S/C8H14O3/c1-5-7(3-9)6(2)11-8(5)4-10/h4-9H,3H2,1-2H3. The minimum atomic E-state index is -0.317. The second-order valence-electron chi connectivity index (χ2n) is 3.15. The van der Waals surface area contributed by atoms with Crippen LogP contribution in [-0.4, -0.2) is 30.2 Å². The number of hydrogen-bond donors (Lipinski definition) is 1. The van der Waals surface area contributed by atoms with Crippen LogP contribution >= 0.6 is 0 Å². The van der Waals surface area contributed by atoms with Crippen LogP contribution in [0.15, 0.2) is 0 Å². The highest BCUT2D eigenvalue weighted by atomic mass is 16.5. The van der Waals surface area contributed by atoms with Gasteiger partial charge < -0.3 is 14.6 Å². The summed E-state index contributed by atoms with van der Waals surface area (Å²) in [4.78, 5) is 10.4. The van der Waals surface area contributed by atoms with Crippen LogP contribution in [0.4, 0.5) is 0 Å². The minimum absolute atomic E-state index is 0.00481. The number of ether oxygens (including phenoxy) is 1. The molecule has 0 aromatic carbocycles. The lowest BCUT2D eigenvalue weighted by atomic mass is 9.90. The van der Waals surface area contributed by atoms with Gasteiger partial charge in [-0.2, -0.15) is 0 Å². The van der Waals surface area contributed by atoms with E-state index in [4.69, 9.17) is 9.84 Å². The van der Waals surface area contributed by atoms with Gasteiger partial charge in [0, 0.05) is 12.5 Å². The lowest BCUT2D eigenvalue weighted by Gasteiger charge is -2.13. The van der Waals surface area contributed by atoms with E-state index in [0.717, 1.165) is 6.29 Å². The lowest BCUT2D eigenvalue weighted by molar-refractivity contribution is -0.118.